The van der Waals surface area contributed by atoms with E-state index in [2.05, 4.69) is 9.97 Å². The third-order valence-corrected chi connectivity index (χ3v) is 4.68. The van der Waals surface area contributed by atoms with Gasteiger partial charge in [-0.1, -0.05) is 0 Å². The molecule has 0 bridgehead atoms. The molecule has 0 unspecified atom stereocenters. The van der Waals surface area contributed by atoms with Crippen molar-refractivity contribution in [2.24, 2.45) is 0 Å². The van der Waals surface area contributed by atoms with Crippen LogP contribution in [0.2, 0.25) is 0 Å². The monoisotopic (exact) mass is 327 g/mol. The van der Waals surface area contributed by atoms with E-state index in [0.29, 0.717) is 0 Å². The van der Waals surface area contributed by atoms with E-state index in [9.17, 15) is 21.6 Å². The minimum atomic E-state index is -4.51. The molecule has 0 aliphatic heterocycles. The minimum Gasteiger partial charge on any atom is -0.263 e. The molecule has 0 atom stereocenters. The summed E-state index contributed by atoms with van der Waals surface area (Å²) in [6.07, 6.45) is -0.959. The molecule has 2 heterocycles. The second-order valence-corrected chi connectivity index (χ2v) is 6.25. The van der Waals surface area contributed by atoms with Gasteiger partial charge in [-0.05, 0) is 30.3 Å². The van der Waals surface area contributed by atoms with E-state index >= 15 is 0 Å². The number of fused-ring (bicyclic) bond motifs is 1. The van der Waals surface area contributed by atoms with Crippen molar-refractivity contribution in [3.63, 3.8) is 0 Å². The summed E-state index contributed by atoms with van der Waals surface area (Å²) in [6.45, 7) is 0. The molecule has 0 amide bonds. The van der Waals surface area contributed by atoms with E-state index in [-0.39, 0.29) is 15.9 Å². The topological polar surface area (TPSA) is 64.8 Å². The fourth-order valence-corrected chi connectivity index (χ4v) is 3.23. The van der Waals surface area contributed by atoms with Gasteiger partial charge in [0.05, 0.1) is 16.6 Å². The highest BCUT2D eigenvalue weighted by Gasteiger charge is 2.31. The number of hydrogen-bond acceptors (Lipinski definition) is 4. The lowest BCUT2D eigenvalue weighted by molar-refractivity contribution is -0.137. The number of hydrogen-bond donors (Lipinski definition) is 0. The highest BCUT2D eigenvalue weighted by Crippen LogP contribution is 2.31. The Morgan fingerprint density at radius 1 is 1.14 bits per heavy atom. The van der Waals surface area contributed by atoms with Crippen LogP contribution in [-0.4, -0.2) is 22.4 Å². The van der Waals surface area contributed by atoms with Gasteiger partial charge in [-0.25, -0.2) is 17.4 Å². The highest BCUT2D eigenvalue weighted by molar-refractivity contribution is 7.90. The van der Waals surface area contributed by atoms with Crippen molar-refractivity contribution < 1.29 is 21.6 Å². The minimum absolute atomic E-state index is 0.0534. The van der Waals surface area contributed by atoms with Crippen LogP contribution in [0.5, 0.6) is 0 Å². The lowest BCUT2D eigenvalue weighted by Gasteiger charge is -2.08. The summed E-state index contributed by atoms with van der Waals surface area (Å²) in [5, 5.41) is 0. The number of nitrogens with zero attached hydrogens (tertiary/aromatic N) is 3. The van der Waals surface area contributed by atoms with Crippen molar-refractivity contribution in [2.75, 3.05) is 0 Å². The summed E-state index contributed by atoms with van der Waals surface area (Å²) in [5.74, 6) is 0. The standard InChI is InChI=1S/C13H8F3N3O2S/c14-13(15,16)9-3-4-12-11(6-9)18-8-19(12)22(20,21)10-2-1-5-17-7-10/h1-8H. The Kier molecular flexibility index (Phi) is 3.17. The van der Waals surface area contributed by atoms with Crippen LogP contribution in [-0.2, 0) is 16.2 Å². The zero-order valence-electron chi connectivity index (χ0n) is 10.8. The molecule has 3 aromatic rings. The number of pyridine rings is 1. The molecule has 0 saturated heterocycles. The molecule has 0 aliphatic rings. The first-order chi connectivity index (χ1) is 10.3. The summed E-state index contributed by atoms with van der Waals surface area (Å²) in [5.41, 5.74) is -0.872. The molecule has 0 radical (unpaired) electrons. The van der Waals surface area contributed by atoms with Crippen molar-refractivity contribution in [1.29, 1.82) is 0 Å². The lowest BCUT2D eigenvalue weighted by Crippen LogP contribution is -2.12. The van der Waals surface area contributed by atoms with E-state index in [1.165, 1.54) is 18.3 Å². The quantitative estimate of drug-likeness (QED) is 0.726. The third kappa shape index (κ3) is 2.33. The van der Waals surface area contributed by atoms with Crippen LogP contribution in [0.25, 0.3) is 11.0 Å². The van der Waals surface area contributed by atoms with Gasteiger partial charge in [0, 0.05) is 12.4 Å². The molecule has 0 saturated carbocycles. The van der Waals surface area contributed by atoms with Crippen LogP contribution >= 0.6 is 0 Å². The maximum Gasteiger partial charge on any atom is 0.416 e. The zero-order valence-corrected chi connectivity index (χ0v) is 11.6. The number of halogens is 3. The number of benzene rings is 1. The zero-order chi connectivity index (χ0) is 16.0. The molecular formula is C13H8F3N3O2S. The Labute approximate surface area is 123 Å². The van der Waals surface area contributed by atoms with Crippen LogP contribution in [0.4, 0.5) is 13.2 Å². The summed E-state index contributed by atoms with van der Waals surface area (Å²) in [6, 6.07) is 5.51. The van der Waals surface area contributed by atoms with E-state index in [0.717, 1.165) is 34.7 Å². The predicted octanol–water partition coefficient (Wildman–Crippen LogP) is 2.69. The van der Waals surface area contributed by atoms with E-state index < -0.39 is 21.8 Å². The summed E-state index contributed by atoms with van der Waals surface area (Å²) >= 11 is 0. The first-order valence-electron chi connectivity index (χ1n) is 6.00. The van der Waals surface area contributed by atoms with Gasteiger partial charge in [0.15, 0.2) is 0 Å². The second kappa shape index (κ2) is 4.80. The maximum atomic E-state index is 12.7. The van der Waals surface area contributed by atoms with Gasteiger partial charge in [-0.2, -0.15) is 13.2 Å². The first kappa shape index (κ1) is 14.5. The van der Waals surface area contributed by atoms with Crippen molar-refractivity contribution in [3.8, 4) is 0 Å². The van der Waals surface area contributed by atoms with E-state index in [1.54, 1.807) is 0 Å². The number of aromatic nitrogens is 3. The first-order valence-corrected chi connectivity index (χ1v) is 7.44. The number of imidazole rings is 1. The SMILES string of the molecule is O=S(=O)(c1cccnc1)n1cnc2cc(C(F)(F)F)ccc21. The van der Waals surface area contributed by atoms with Gasteiger partial charge >= 0.3 is 6.18 Å². The molecule has 0 N–H and O–H groups in total. The van der Waals surface area contributed by atoms with E-state index in [4.69, 9.17) is 0 Å². The molecule has 5 nitrogen and oxygen atoms in total. The molecule has 2 aromatic heterocycles. The Bertz CT molecular complexity index is 934. The van der Waals surface area contributed by atoms with Gasteiger partial charge in [0.2, 0.25) is 0 Å². The lowest BCUT2D eigenvalue weighted by atomic mass is 10.2. The number of rotatable bonds is 2. The van der Waals surface area contributed by atoms with Crippen LogP contribution in [0, 0.1) is 0 Å². The molecule has 114 valence electrons. The Hall–Kier alpha value is -2.42. The smallest absolute Gasteiger partial charge is 0.263 e. The van der Waals surface area contributed by atoms with Gasteiger partial charge in [0.1, 0.15) is 11.2 Å². The van der Waals surface area contributed by atoms with Gasteiger partial charge in [-0.3, -0.25) is 4.98 Å². The largest absolute Gasteiger partial charge is 0.416 e. The summed E-state index contributed by atoms with van der Waals surface area (Å²) < 4.78 is 63.7. The summed E-state index contributed by atoms with van der Waals surface area (Å²) in [4.78, 5) is 7.40. The predicted molar refractivity (Wildman–Crippen MR) is 71.6 cm³/mol. The highest BCUT2D eigenvalue weighted by atomic mass is 32.2. The van der Waals surface area contributed by atoms with Crippen LogP contribution < -0.4 is 0 Å². The summed E-state index contributed by atoms with van der Waals surface area (Å²) in [7, 11) is -3.96. The Morgan fingerprint density at radius 2 is 1.91 bits per heavy atom. The average molecular weight is 327 g/mol. The Balaban J connectivity index is 2.18. The molecule has 1 aromatic carbocycles. The van der Waals surface area contributed by atoms with Crippen molar-refractivity contribution in [3.05, 3.63) is 54.6 Å². The molecule has 0 aliphatic carbocycles. The third-order valence-electron chi connectivity index (χ3n) is 3.03. The van der Waals surface area contributed by atoms with Crippen LogP contribution in [0.1, 0.15) is 5.56 Å². The molecular weight excluding hydrogens is 319 g/mol. The van der Waals surface area contributed by atoms with Gasteiger partial charge in [0.25, 0.3) is 10.0 Å². The molecule has 0 spiro atoms. The fourth-order valence-electron chi connectivity index (χ4n) is 1.97. The normalized spacial score (nSPS) is 12.7. The Morgan fingerprint density at radius 3 is 2.55 bits per heavy atom. The van der Waals surface area contributed by atoms with Crippen molar-refractivity contribution in [2.45, 2.75) is 11.1 Å². The van der Waals surface area contributed by atoms with Crippen LogP contribution in [0.15, 0.2) is 53.9 Å². The van der Waals surface area contributed by atoms with Crippen molar-refractivity contribution >= 4 is 21.1 Å². The molecule has 3 rings (SSSR count). The second-order valence-electron chi connectivity index (χ2n) is 4.44. The van der Waals surface area contributed by atoms with Crippen LogP contribution in [0.3, 0.4) is 0 Å². The number of alkyl halides is 3. The average Bonchev–Trinajstić information content (AvgIpc) is 2.91. The molecule has 0 fully saturated rings. The van der Waals surface area contributed by atoms with Gasteiger partial charge in [-0.15, -0.1) is 0 Å². The van der Waals surface area contributed by atoms with Crippen molar-refractivity contribution in [1.82, 2.24) is 13.9 Å². The maximum absolute atomic E-state index is 12.7. The van der Waals surface area contributed by atoms with E-state index in [1.807, 2.05) is 0 Å². The fraction of sp³-hybridized carbons (Fsp3) is 0.0769. The molecule has 22 heavy (non-hydrogen) atoms. The van der Waals surface area contributed by atoms with Gasteiger partial charge < -0.3 is 0 Å². The molecule has 9 heteroatoms.